The van der Waals surface area contributed by atoms with Gasteiger partial charge in [0.15, 0.2) is 0 Å². The first-order valence-corrected chi connectivity index (χ1v) is 6.21. The van der Waals surface area contributed by atoms with E-state index in [4.69, 9.17) is 10.5 Å². The summed E-state index contributed by atoms with van der Waals surface area (Å²) >= 11 is 0. The Labute approximate surface area is 121 Å². The molecule has 1 unspecified atom stereocenters. The maximum Gasteiger partial charge on any atom is 0.251 e. The highest BCUT2D eigenvalue weighted by molar-refractivity contribution is 5.94. The molecule has 1 rings (SSSR count). The maximum atomic E-state index is 12.0. The number of carbonyl (C=O) groups is 1. The molecule has 0 aliphatic rings. The van der Waals surface area contributed by atoms with Gasteiger partial charge in [-0.25, -0.2) is 0 Å². The molecule has 0 saturated carbocycles. The molecule has 0 fully saturated rings. The minimum Gasteiger partial charge on any atom is -0.497 e. The first-order chi connectivity index (χ1) is 8.56. The van der Waals surface area contributed by atoms with Gasteiger partial charge in [-0.2, -0.15) is 0 Å². The van der Waals surface area contributed by atoms with Crippen molar-refractivity contribution in [2.75, 3.05) is 13.7 Å². The Hall–Kier alpha value is -1.26. The number of hydrogen-bond donors (Lipinski definition) is 2. The van der Waals surface area contributed by atoms with E-state index in [0.717, 1.165) is 12.2 Å². The molecular formula is C14H23ClN2O2. The van der Waals surface area contributed by atoms with E-state index in [0.29, 0.717) is 18.0 Å². The summed E-state index contributed by atoms with van der Waals surface area (Å²) in [5.74, 6) is 1.16. The van der Waals surface area contributed by atoms with E-state index in [1.54, 1.807) is 31.4 Å². The number of benzene rings is 1. The molecule has 4 nitrogen and oxygen atoms in total. The van der Waals surface area contributed by atoms with Gasteiger partial charge in [-0.15, -0.1) is 12.4 Å². The highest BCUT2D eigenvalue weighted by Gasteiger charge is 2.13. The van der Waals surface area contributed by atoms with E-state index < -0.39 is 0 Å². The van der Waals surface area contributed by atoms with Crippen molar-refractivity contribution in [2.45, 2.75) is 26.3 Å². The lowest BCUT2D eigenvalue weighted by molar-refractivity contribution is 0.0933. The Bertz CT molecular complexity index is 380. The highest BCUT2D eigenvalue weighted by atomic mass is 35.5. The molecule has 1 atom stereocenters. The standard InChI is InChI=1S/C14H22N2O2.ClH/c1-10(2)8-12(9-15)16-14(17)11-4-6-13(18-3)7-5-11;/h4-7,10,12H,8-9,15H2,1-3H3,(H,16,17);1H. The first kappa shape index (κ1) is 17.7. The molecule has 1 aromatic rings. The Morgan fingerprint density at radius 1 is 1.32 bits per heavy atom. The Kier molecular flexibility index (Phi) is 8.19. The lowest BCUT2D eigenvalue weighted by atomic mass is 10.0. The zero-order chi connectivity index (χ0) is 13.5. The summed E-state index contributed by atoms with van der Waals surface area (Å²) < 4.78 is 5.05. The SMILES string of the molecule is COc1ccc(C(=O)NC(CN)CC(C)C)cc1.Cl. The number of rotatable bonds is 6. The number of carbonyl (C=O) groups excluding carboxylic acids is 1. The maximum absolute atomic E-state index is 12.0. The fourth-order valence-electron chi connectivity index (χ4n) is 1.79. The minimum atomic E-state index is -0.0891. The number of nitrogens with one attached hydrogen (secondary N) is 1. The van der Waals surface area contributed by atoms with Crippen molar-refractivity contribution < 1.29 is 9.53 Å². The normalized spacial score (nSPS) is 11.6. The van der Waals surface area contributed by atoms with E-state index in [9.17, 15) is 4.79 Å². The molecule has 1 amide bonds. The topological polar surface area (TPSA) is 64.3 Å². The molecule has 5 heteroatoms. The summed E-state index contributed by atoms with van der Waals surface area (Å²) in [4.78, 5) is 12.0. The summed E-state index contributed by atoms with van der Waals surface area (Å²) in [7, 11) is 1.60. The smallest absolute Gasteiger partial charge is 0.251 e. The van der Waals surface area contributed by atoms with Crippen molar-refractivity contribution in [1.82, 2.24) is 5.32 Å². The van der Waals surface area contributed by atoms with Gasteiger partial charge in [0.2, 0.25) is 0 Å². The molecule has 0 saturated heterocycles. The molecule has 0 aliphatic carbocycles. The van der Waals surface area contributed by atoms with Gasteiger partial charge >= 0.3 is 0 Å². The van der Waals surface area contributed by atoms with Crippen LogP contribution >= 0.6 is 12.4 Å². The van der Waals surface area contributed by atoms with Crippen LogP contribution in [0.15, 0.2) is 24.3 Å². The fraction of sp³-hybridized carbons (Fsp3) is 0.500. The van der Waals surface area contributed by atoms with Gasteiger partial charge in [0.25, 0.3) is 5.91 Å². The molecule has 0 radical (unpaired) electrons. The van der Waals surface area contributed by atoms with Crippen LogP contribution in [-0.2, 0) is 0 Å². The highest BCUT2D eigenvalue weighted by Crippen LogP contribution is 2.12. The molecule has 0 heterocycles. The van der Waals surface area contributed by atoms with Crippen LogP contribution in [0.4, 0.5) is 0 Å². The lowest BCUT2D eigenvalue weighted by Crippen LogP contribution is -2.41. The molecule has 1 aromatic carbocycles. The van der Waals surface area contributed by atoms with E-state index in [-0.39, 0.29) is 24.4 Å². The molecule has 0 spiro atoms. The van der Waals surface area contributed by atoms with Crippen LogP contribution in [-0.4, -0.2) is 25.6 Å². The van der Waals surface area contributed by atoms with Gasteiger partial charge in [0.1, 0.15) is 5.75 Å². The van der Waals surface area contributed by atoms with Gasteiger partial charge in [-0.05, 0) is 36.6 Å². The van der Waals surface area contributed by atoms with Crippen molar-refractivity contribution in [3.8, 4) is 5.75 Å². The average Bonchev–Trinajstić information content (AvgIpc) is 2.37. The Morgan fingerprint density at radius 3 is 2.32 bits per heavy atom. The summed E-state index contributed by atoms with van der Waals surface area (Å²) in [5.41, 5.74) is 6.28. The predicted octanol–water partition coefficient (Wildman–Crippen LogP) is 2.22. The molecule has 0 bridgehead atoms. The van der Waals surface area contributed by atoms with E-state index in [2.05, 4.69) is 19.2 Å². The third-order valence-electron chi connectivity index (χ3n) is 2.73. The van der Waals surface area contributed by atoms with Crippen LogP contribution in [0.5, 0.6) is 5.75 Å². The monoisotopic (exact) mass is 286 g/mol. The average molecular weight is 287 g/mol. The van der Waals surface area contributed by atoms with Gasteiger partial charge in [0, 0.05) is 18.2 Å². The van der Waals surface area contributed by atoms with E-state index in [1.807, 2.05) is 0 Å². The van der Waals surface area contributed by atoms with Crippen LogP contribution in [0.25, 0.3) is 0 Å². The van der Waals surface area contributed by atoms with Crippen molar-refractivity contribution in [3.05, 3.63) is 29.8 Å². The summed E-state index contributed by atoms with van der Waals surface area (Å²) in [6, 6.07) is 7.07. The number of nitrogens with two attached hydrogens (primary N) is 1. The molecular weight excluding hydrogens is 264 g/mol. The van der Waals surface area contributed by atoms with Crippen LogP contribution in [0, 0.1) is 5.92 Å². The zero-order valence-corrected chi connectivity index (χ0v) is 12.5. The fourth-order valence-corrected chi connectivity index (χ4v) is 1.79. The second-order valence-corrected chi connectivity index (χ2v) is 4.76. The van der Waals surface area contributed by atoms with Crippen molar-refractivity contribution in [2.24, 2.45) is 11.7 Å². The second kappa shape index (κ2) is 8.77. The van der Waals surface area contributed by atoms with Gasteiger partial charge in [0.05, 0.1) is 7.11 Å². The van der Waals surface area contributed by atoms with Gasteiger partial charge in [-0.3, -0.25) is 4.79 Å². The van der Waals surface area contributed by atoms with Crippen LogP contribution < -0.4 is 15.8 Å². The number of amides is 1. The van der Waals surface area contributed by atoms with Gasteiger partial charge < -0.3 is 15.8 Å². The quantitative estimate of drug-likeness (QED) is 0.843. The second-order valence-electron chi connectivity index (χ2n) is 4.76. The number of ether oxygens (including phenoxy) is 1. The van der Waals surface area contributed by atoms with Crippen LogP contribution in [0.2, 0.25) is 0 Å². The summed E-state index contributed by atoms with van der Waals surface area (Å²) in [5, 5.41) is 2.95. The first-order valence-electron chi connectivity index (χ1n) is 6.21. The van der Waals surface area contributed by atoms with Crippen LogP contribution in [0.1, 0.15) is 30.6 Å². The van der Waals surface area contributed by atoms with Gasteiger partial charge in [-0.1, -0.05) is 13.8 Å². The number of methoxy groups -OCH3 is 1. The predicted molar refractivity (Wildman–Crippen MR) is 80.0 cm³/mol. The summed E-state index contributed by atoms with van der Waals surface area (Å²) in [6.07, 6.45) is 0.887. The van der Waals surface area contributed by atoms with Crippen molar-refractivity contribution in [3.63, 3.8) is 0 Å². The van der Waals surface area contributed by atoms with Crippen molar-refractivity contribution in [1.29, 1.82) is 0 Å². The molecule has 3 N–H and O–H groups in total. The third kappa shape index (κ3) is 5.94. The Balaban J connectivity index is 0.00000324. The van der Waals surface area contributed by atoms with Crippen LogP contribution in [0.3, 0.4) is 0 Å². The summed E-state index contributed by atoms with van der Waals surface area (Å²) in [6.45, 7) is 4.68. The molecule has 108 valence electrons. The molecule has 0 aliphatic heterocycles. The third-order valence-corrected chi connectivity index (χ3v) is 2.73. The molecule has 0 aromatic heterocycles. The number of halogens is 1. The minimum absolute atomic E-state index is 0. The van der Waals surface area contributed by atoms with Crippen molar-refractivity contribution >= 4 is 18.3 Å². The molecule has 19 heavy (non-hydrogen) atoms. The number of hydrogen-bond acceptors (Lipinski definition) is 3. The Morgan fingerprint density at radius 2 is 1.89 bits per heavy atom. The largest absolute Gasteiger partial charge is 0.497 e. The van der Waals surface area contributed by atoms with E-state index in [1.165, 1.54) is 0 Å². The van der Waals surface area contributed by atoms with E-state index >= 15 is 0 Å². The lowest BCUT2D eigenvalue weighted by Gasteiger charge is -2.18. The zero-order valence-electron chi connectivity index (χ0n) is 11.7.